The molecule has 0 aliphatic rings. The van der Waals surface area contributed by atoms with E-state index in [0.29, 0.717) is 18.9 Å². The van der Waals surface area contributed by atoms with Crippen molar-refractivity contribution < 1.29 is 9.59 Å². The summed E-state index contributed by atoms with van der Waals surface area (Å²) in [5.41, 5.74) is 6.03. The molecule has 0 heterocycles. The van der Waals surface area contributed by atoms with E-state index >= 15 is 0 Å². The highest BCUT2D eigenvalue weighted by molar-refractivity contribution is 5.87. The molecule has 0 radical (unpaired) electrons. The van der Waals surface area contributed by atoms with Gasteiger partial charge in [-0.1, -0.05) is 41.5 Å². The predicted molar refractivity (Wildman–Crippen MR) is 91.3 cm³/mol. The molecule has 5 heteroatoms. The highest BCUT2D eigenvalue weighted by atomic mass is 16.2. The molecule has 0 aliphatic carbocycles. The number of hydrogen-bond donors (Lipinski definition) is 2. The average Bonchev–Trinajstić information content (AvgIpc) is 2.39. The topological polar surface area (TPSA) is 75.4 Å². The molecule has 0 aromatic rings. The van der Waals surface area contributed by atoms with Crippen LogP contribution in [0, 0.1) is 17.8 Å². The van der Waals surface area contributed by atoms with E-state index in [2.05, 4.69) is 19.2 Å². The van der Waals surface area contributed by atoms with Crippen molar-refractivity contribution in [2.24, 2.45) is 23.5 Å². The molecule has 2 amide bonds. The molecule has 0 bridgehead atoms. The molecule has 0 rings (SSSR count). The molecular weight excluding hydrogens is 278 g/mol. The van der Waals surface area contributed by atoms with Gasteiger partial charge < -0.3 is 16.0 Å². The number of nitrogens with two attached hydrogens (primary N) is 1. The fraction of sp³-hybridized carbons (Fsp3) is 0.882. The van der Waals surface area contributed by atoms with Crippen LogP contribution in [0.2, 0.25) is 0 Å². The van der Waals surface area contributed by atoms with Crippen molar-refractivity contribution in [2.45, 2.75) is 66.5 Å². The van der Waals surface area contributed by atoms with Gasteiger partial charge in [-0.05, 0) is 24.2 Å². The number of hydrogen-bond acceptors (Lipinski definition) is 3. The van der Waals surface area contributed by atoms with Gasteiger partial charge >= 0.3 is 0 Å². The molecule has 2 atom stereocenters. The van der Waals surface area contributed by atoms with Gasteiger partial charge in [-0.2, -0.15) is 0 Å². The van der Waals surface area contributed by atoms with Gasteiger partial charge in [-0.25, -0.2) is 0 Å². The molecule has 0 aliphatic heterocycles. The van der Waals surface area contributed by atoms with Crippen LogP contribution in [0.4, 0.5) is 0 Å². The van der Waals surface area contributed by atoms with Crippen molar-refractivity contribution in [1.29, 1.82) is 0 Å². The van der Waals surface area contributed by atoms with Gasteiger partial charge in [0.1, 0.15) is 6.04 Å². The zero-order valence-corrected chi connectivity index (χ0v) is 15.3. The number of rotatable bonds is 9. The lowest BCUT2D eigenvalue weighted by Crippen LogP contribution is -2.51. The third kappa shape index (κ3) is 7.78. The van der Waals surface area contributed by atoms with Gasteiger partial charge in [0, 0.05) is 26.1 Å². The number of nitrogens with one attached hydrogen (secondary N) is 1. The Bertz CT molecular complexity index is 354. The number of amides is 2. The number of likely N-dealkylation sites (N-methyl/N-ethyl adjacent to an activating group) is 1. The van der Waals surface area contributed by atoms with Gasteiger partial charge in [0.15, 0.2) is 0 Å². The van der Waals surface area contributed by atoms with Crippen molar-refractivity contribution in [2.75, 3.05) is 13.6 Å². The Morgan fingerprint density at radius 3 is 2.00 bits per heavy atom. The third-order valence-corrected chi connectivity index (χ3v) is 3.87. The third-order valence-electron chi connectivity index (χ3n) is 3.87. The summed E-state index contributed by atoms with van der Waals surface area (Å²) >= 11 is 0. The van der Waals surface area contributed by atoms with Crippen LogP contribution in [-0.2, 0) is 9.59 Å². The fourth-order valence-electron chi connectivity index (χ4n) is 2.14. The number of carbonyl (C=O) groups is 2. The summed E-state index contributed by atoms with van der Waals surface area (Å²) in [4.78, 5) is 26.2. The van der Waals surface area contributed by atoms with Crippen LogP contribution in [0.1, 0.15) is 54.4 Å². The summed E-state index contributed by atoms with van der Waals surface area (Å²) in [6.45, 7) is 12.7. The van der Waals surface area contributed by atoms with E-state index < -0.39 is 6.04 Å². The van der Waals surface area contributed by atoms with Gasteiger partial charge in [0.2, 0.25) is 11.8 Å². The van der Waals surface area contributed by atoms with Gasteiger partial charge in [-0.3, -0.25) is 9.59 Å². The molecule has 0 fully saturated rings. The standard InChI is InChI=1S/C17H35N3O2/c1-11(2)10-15(21)19-16(13(5)6)17(22)20(7)9-8-14(18)12(3)4/h11-14,16H,8-10,18H2,1-7H3,(H,19,21). The lowest BCUT2D eigenvalue weighted by Gasteiger charge is -2.28. The van der Waals surface area contributed by atoms with E-state index in [4.69, 9.17) is 5.73 Å². The first-order valence-electron chi connectivity index (χ1n) is 8.36. The highest BCUT2D eigenvalue weighted by Crippen LogP contribution is 2.09. The minimum Gasteiger partial charge on any atom is -0.344 e. The Balaban J connectivity index is 4.61. The average molecular weight is 313 g/mol. The minimum absolute atomic E-state index is 0.0388. The summed E-state index contributed by atoms with van der Waals surface area (Å²) in [5.74, 6) is 0.641. The Labute approximate surface area is 136 Å². The largest absolute Gasteiger partial charge is 0.344 e. The molecule has 130 valence electrons. The minimum atomic E-state index is -0.466. The van der Waals surface area contributed by atoms with E-state index in [-0.39, 0.29) is 29.7 Å². The lowest BCUT2D eigenvalue weighted by atomic mass is 10.00. The second-order valence-electron chi connectivity index (χ2n) is 7.34. The summed E-state index contributed by atoms with van der Waals surface area (Å²) in [6, 6.07) is -0.380. The number of nitrogens with zero attached hydrogens (tertiary/aromatic N) is 1. The second-order valence-corrected chi connectivity index (χ2v) is 7.34. The van der Waals surface area contributed by atoms with Crippen LogP contribution in [0.25, 0.3) is 0 Å². The van der Waals surface area contributed by atoms with Gasteiger partial charge in [0.25, 0.3) is 0 Å². The van der Waals surface area contributed by atoms with E-state index in [1.54, 1.807) is 11.9 Å². The highest BCUT2D eigenvalue weighted by Gasteiger charge is 2.27. The van der Waals surface area contributed by atoms with E-state index in [1.165, 1.54) is 0 Å². The van der Waals surface area contributed by atoms with Crippen LogP contribution in [0.3, 0.4) is 0 Å². The summed E-state index contributed by atoms with van der Waals surface area (Å²) < 4.78 is 0. The summed E-state index contributed by atoms with van der Waals surface area (Å²) in [5, 5.41) is 2.88. The summed E-state index contributed by atoms with van der Waals surface area (Å²) in [6.07, 6.45) is 1.21. The predicted octanol–water partition coefficient (Wildman–Crippen LogP) is 2.01. The van der Waals surface area contributed by atoms with Crippen molar-refractivity contribution >= 4 is 11.8 Å². The van der Waals surface area contributed by atoms with Crippen LogP contribution < -0.4 is 11.1 Å². The molecular formula is C17H35N3O2. The Morgan fingerprint density at radius 1 is 1.05 bits per heavy atom. The zero-order chi connectivity index (χ0) is 17.4. The van der Waals surface area contributed by atoms with Crippen molar-refractivity contribution in [3.63, 3.8) is 0 Å². The van der Waals surface area contributed by atoms with Gasteiger partial charge in [-0.15, -0.1) is 0 Å². The molecule has 5 nitrogen and oxygen atoms in total. The first-order chi connectivity index (χ1) is 10.1. The molecule has 22 heavy (non-hydrogen) atoms. The molecule has 0 saturated carbocycles. The quantitative estimate of drug-likeness (QED) is 0.683. The van der Waals surface area contributed by atoms with Crippen molar-refractivity contribution in [3.05, 3.63) is 0 Å². The SMILES string of the molecule is CC(C)CC(=O)NC(C(=O)N(C)CCC(N)C(C)C)C(C)C. The maximum Gasteiger partial charge on any atom is 0.245 e. The zero-order valence-electron chi connectivity index (χ0n) is 15.3. The lowest BCUT2D eigenvalue weighted by molar-refractivity contribution is -0.136. The van der Waals surface area contributed by atoms with Crippen LogP contribution in [0.5, 0.6) is 0 Å². The smallest absolute Gasteiger partial charge is 0.245 e. The first kappa shape index (κ1) is 20.9. The fourth-order valence-corrected chi connectivity index (χ4v) is 2.14. The molecule has 3 N–H and O–H groups in total. The van der Waals surface area contributed by atoms with E-state index in [9.17, 15) is 9.59 Å². The molecule has 0 spiro atoms. The van der Waals surface area contributed by atoms with Crippen molar-refractivity contribution in [1.82, 2.24) is 10.2 Å². The maximum absolute atomic E-state index is 12.6. The normalized spacial score (nSPS) is 14.3. The van der Waals surface area contributed by atoms with Crippen LogP contribution >= 0.6 is 0 Å². The Morgan fingerprint density at radius 2 is 1.59 bits per heavy atom. The molecule has 0 aromatic carbocycles. The molecule has 0 aromatic heterocycles. The number of carbonyl (C=O) groups excluding carboxylic acids is 2. The monoisotopic (exact) mass is 313 g/mol. The van der Waals surface area contributed by atoms with Crippen molar-refractivity contribution in [3.8, 4) is 0 Å². The summed E-state index contributed by atoms with van der Waals surface area (Å²) in [7, 11) is 1.78. The Hall–Kier alpha value is -1.10. The van der Waals surface area contributed by atoms with Crippen LogP contribution in [0.15, 0.2) is 0 Å². The second kappa shape index (κ2) is 9.82. The first-order valence-corrected chi connectivity index (χ1v) is 8.36. The maximum atomic E-state index is 12.6. The van der Waals surface area contributed by atoms with Crippen LogP contribution in [-0.4, -0.2) is 42.4 Å². The van der Waals surface area contributed by atoms with Gasteiger partial charge in [0.05, 0.1) is 0 Å². The van der Waals surface area contributed by atoms with E-state index in [0.717, 1.165) is 6.42 Å². The Kier molecular flexibility index (Phi) is 9.33. The molecule has 0 saturated heterocycles. The van der Waals surface area contributed by atoms with E-state index in [1.807, 2.05) is 27.7 Å². The molecule has 2 unspecified atom stereocenters.